The van der Waals surface area contributed by atoms with Crippen LogP contribution in [0.2, 0.25) is 0 Å². The van der Waals surface area contributed by atoms with Gasteiger partial charge in [0.1, 0.15) is 10.6 Å². The summed E-state index contributed by atoms with van der Waals surface area (Å²) in [5.74, 6) is 0.145. The van der Waals surface area contributed by atoms with E-state index in [-0.39, 0.29) is 16.0 Å². The molecule has 0 aliphatic carbocycles. The molecule has 0 aromatic heterocycles. The molecule has 0 heterocycles. The number of nitrogens with zero attached hydrogens (tertiary/aromatic N) is 1. The van der Waals surface area contributed by atoms with Gasteiger partial charge in [-0.1, -0.05) is 45.0 Å². The molecule has 0 aliphatic heterocycles. The number of hydrogen-bond donors (Lipinski definition) is 1. The third-order valence-corrected chi connectivity index (χ3v) is 6.18. The van der Waals surface area contributed by atoms with Gasteiger partial charge >= 0.3 is 0 Å². The molecule has 2 rings (SSSR count). The minimum Gasteiger partial charge on any atom is -0.481 e. The molecule has 0 saturated heterocycles. The zero-order valence-corrected chi connectivity index (χ0v) is 18.0. The van der Waals surface area contributed by atoms with Crippen LogP contribution >= 0.6 is 0 Å². The van der Waals surface area contributed by atoms with Gasteiger partial charge in [0, 0.05) is 14.1 Å². The summed E-state index contributed by atoms with van der Waals surface area (Å²) in [6.07, 6.45) is -0.796. The average molecular weight is 405 g/mol. The normalized spacial score (nSPS) is 13.2. The Morgan fingerprint density at radius 3 is 2.14 bits per heavy atom. The Morgan fingerprint density at radius 1 is 1.04 bits per heavy atom. The van der Waals surface area contributed by atoms with Crippen LogP contribution < -0.4 is 10.1 Å². The highest BCUT2D eigenvalue weighted by Gasteiger charge is 2.23. The van der Waals surface area contributed by atoms with Gasteiger partial charge in [0.05, 0.1) is 5.69 Å². The second kappa shape index (κ2) is 8.32. The van der Waals surface area contributed by atoms with Crippen LogP contribution in [0.4, 0.5) is 5.69 Å². The summed E-state index contributed by atoms with van der Waals surface area (Å²) in [5, 5.41) is 2.66. The van der Waals surface area contributed by atoms with Gasteiger partial charge in [-0.2, -0.15) is 0 Å². The first-order chi connectivity index (χ1) is 12.9. The number of para-hydroxylation sites is 1. The van der Waals surface area contributed by atoms with Crippen LogP contribution in [0.1, 0.15) is 33.3 Å². The third-order valence-electron chi connectivity index (χ3n) is 4.31. The summed E-state index contributed by atoms with van der Waals surface area (Å²) in [5.41, 5.74) is 1.42. The standard InChI is InChI=1S/C21H28N2O4S/c1-15(27-17-13-11-16(12-14-17)21(2,3)4)20(24)22-18-9-7-8-10-19(18)28(25,26)23(5)6/h7-15H,1-6H3,(H,22,24). The summed E-state index contributed by atoms with van der Waals surface area (Å²) in [6, 6.07) is 13.9. The molecule has 0 aliphatic rings. The first-order valence-electron chi connectivity index (χ1n) is 9.02. The van der Waals surface area contributed by atoms with E-state index >= 15 is 0 Å². The number of benzene rings is 2. The molecule has 0 saturated carbocycles. The van der Waals surface area contributed by atoms with Gasteiger partial charge in [0.25, 0.3) is 5.91 Å². The number of hydrogen-bond acceptors (Lipinski definition) is 4. The Morgan fingerprint density at radius 2 is 1.61 bits per heavy atom. The van der Waals surface area contributed by atoms with Crippen LogP contribution in [0.5, 0.6) is 5.75 Å². The minimum absolute atomic E-state index is 0.0309. The van der Waals surface area contributed by atoms with Crippen molar-refractivity contribution in [3.8, 4) is 5.75 Å². The Kier molecular flexibility index (Phi) is 6.52. The van der Waals surface area contributed by atoms with Crippen molar-refractivity contribution >= 4 is 21.6 Å². The molecule has 28 heavy (non-hydrogen) atoms. The zero-order valence-electron chi connectivity index (χ0n) is 17.2. The van der Waals surface area contributed by atoms with Gasteiger partial charge < -0.3 is 10.1 Å². The Hall–Kier alpha value is -2.38. The van der Waals surface area contributed by atoms with E-state index < -0.39 is 22.0 Å². The van der Waals surface area contributed by atoms with E-state index in [1.54, 1.807) is 25.1 Å². The van der Waals surface area contributed by atoms with Crippen LogP contribution in [-0.2, 0) is 20.2 Å². The van der Waals surface area contributed by atoms with Crippen molar-refractivity contribution < 1.29 is 17.9 Å². The van der Waals surface area contributed by atoms with Crippen molar-refractivity contribution in [1.82, 2.24) is 4.31 Å². The molecule has 1 N–H and O–H groups in total. The lowest BCUT2D eigenvalue weighted by molar-refractivity contribution is -0.122. The summed E-state index contributed by atoms with van der Waals surface area (Å²) in [7, 11) is -0.788. The number of amides is 1. The molecule has 7 heteroatoms. The maximum atomic E-state index is 12.5. The van der Waals surface area contributed by atoms with Crippen LogP contribution in [0.25, 0.3) is 0 Å². The van der Waals surface area contributed by atoms with E-state index in [1.807, 2.05) is 24.3 Å². The van der Waals surface area contributed by atoms with Crippen molar-refractivity contribution in [2.24, 2.45) is 0 Å². The fraction of sp³-hybridized carbons (Fsp3) is 0.381. The van der Waals surface area contributed by atoms with Crippen LogP contribution in [-0.4, -0.2) is 38.8 Å². The highest BCUT2D eigenvalue weighted by atomic mass is 32.2. The molecule has 1 amide bonds. The Balaban J connectivity index is 2.14. The van der Waals surface area contributed by atoms with Crippen molar-refractivity contribution in [2.75, 3.05) is 19.4 Å². The summed E-state index contributed by atoms with van der Waals surface area (Å²) in [4.78, 5) is 12.6. The van der Waals surface area contributed by atoms with Crippen LogP contribution in [0, 0.1) is 0 Å². The maximum absolute atomic E-state index is 12.5. The van der Waals surface area contributed by atoms with E-state index in [0.717, 1.165) is 4.31 Å². The van der Waals surface area contributed by atoms with Crippen molar-refractivity contribution in [3.05, 3.63) is 54.1 Å². The lowest BCUT2D eigenvalue weighted by atomic mass is 9.87. The van der Waals surface area contributed by atoms with Gasteiger partial charge in [-0.05, 0) is 42.2 Å². The smallest absolute Gasteiger partial charge is 0.265 e. The van der Waals surface area contributed by atoms with Crippen LogP contribution in [0.3, 0.4) is 0 Å². The lowest BCUT2D eigenvalue weighted by Crippen LogP contribution is -2.31. The highest BCUT2D eigenvalue weighted by molar-refractivity contribution is 7.89. The molecule has 1 unspecified atom stereocenters. The van der Waals surface area contributed by atoms with E-state index in [0.29, 0.717) is 5.75 Å². The maximum Gasteiger partial charge on any atom is 0.265 e. The number of anilines is 1. The van der Waals surface area contributed by atoms with Crippen molar-refractivity contribution in [1.29, 1.82) is 0 Å². The average Bonchev–Trinajstić information content (AvgIpc) is 2.61. The number of sulfonamides is 1. The quantitative estimate of drug-likeness (QED) is 0.798. The third kappa shape index (κ3) is 5.11. The summed E-state index contributed by atoms with van der Waals surface area (Å²) >= 11 is 0. The first-order valence-corrected chi connectivity index (χ1v) is 10.5. The number of carbonyl (C=O) groups excluding carboxylic acids is 1. The molecule has 2 aromatic carbocycles. The fourth-order valence-electron chi connectivity index (χ4n) is 2.52. The van der Waals surface area contributed by atoms with Crippen molar-refractivity contribution in [2.45, 2.75) is 44.1 Å². The predicted octanol–water partition coefficient (Wildman–Crippen LogP) is 3.64. The number of nitrogens with one attached hydrogen (secondary N) is 1. The Labute approximate surface area is 167 Å². The molecule has 1 atom stereocenters. The SMILES string of the molecule is CC(Oc1ccc(C(C)(C)C)cc1)C(=O)Nc1ccccc1S(=O)(=O)N(C)C. The number of carbonyl (C=O) groups is 1. The van der Waals surface area contributed by atoms with E-state index in [2.05, 4.69) is 26.1 Å². The molecule has 0 fully saturated rings. The fourth-order valence-corrected chi connectivity index (χ4v) is 3.56. The van der Waals surface area contributed by atoms with Gasteiger partial charge in [-0.15, -0.1) is 0 Å². The molecule has 152 valence electrons. The molecule has 0 spiro atoms. The van der Waals surface area contributed by atoms with Gasteiger partial charge in [-0.25, -0.2) is 12.7 Å². The van der Waals surface area contributed by atoms with E-state index in [4.69, 9.17) is 4.74 Å². The molecule has 0 bridgehead atoms. The van der Waals surface area contributed by atoms with Gasteiger partial charge in [-0.3, -0.25) is 4.79 Å². The Bertz CT molecular complexity index is 930. The van der Waals surface area contributed by atoms with E-state index in [1.165, 1.54) is 25.7 Å². The largest absolute Gasteiger partial charge is 0.481 e. The minimum atomic E-state index is -3.68. The number of ether oxygens (including phenoxy) is 1. The van der Waals surface area contributed by atoms with Crippen molar-refractivity contribution in [3.63, 3.8) is 0 Å². The highest BCUT2D eigenvalue weighted by Crippen LogP contribution is 2.26. The van der Waals surface area contributed by atoms with E-state index in [9.17, 15) is 13.2 Å². The molecular formula is C21H28N2O4S. The van der Waals surface area contributed by atoms with Gasteiger partial charge in [0.15, 0.2) is 6.10 Å². The molecule has 2 aromatic rings. The monoisotopic (exact) mass is 404 g/mol. The van der Waals surface area contributed by atoms with Crippen LogP contribution in [0.15, 0.2) is 53.4 Å². The lowest BCUT2D eigenvalue weighted by Gasteiger charge is -2.20. The predicted molar refractivity (Wildman–Crippen MR) is 111 cm³/mol. The second-order valence-corrected chi connectivity index (χ2v) is 9.93. The summed E-state index contributed by atoms with van der Waals surface area (Å²) in [6.45, 7) is 7.99. The van der Waals surface area contributed by atoms with Gasteiger partial charge in [0.2, 0.25) is 10.0 Å². The molecule has 6 nitrogen and oxygen atoms in total. The molecular weight excluding hydrogens is 376 g/mol. The topological polar surface area (TPSA) is 75.7 Å². The molecule has 0 radical (unpaired) electrons. The number of rotatable bonds is 6. The second-order valence-electron chi connectivity index (χ2n) is 7.81. The zero-order chi connectivity index (χ0) is 21.1. The first kappa shape index (κ1) is 21.9. The summed E-state index contributed by atoms with van der Waals surface area (Å²) < 4.78 is 31.7.